The minimum atomic E-state index is -0.538. The average Bonchev–Trinajstić information content (AvgIpc) is 2.26. The van der Waals surface area contributed by atoms with Crippen molar-refractivity contribution < 1.29 is 4.74 Å². The SMILES string of the molecule is COC(C)(C)CNc1c(N)n(C)c(=O)[nH]c1=O. The molecule has 1 heterocycles. The van der Waals surface area contributed by atoms with Crippen molar-refractivity contribution >= 4 is 11.5 Å². The maximum atomic E-state index is 11.6. The Kier molecular flexibility index (Phi) is 3.62. The van der Waals surface area contributed by atoms with Gasteiger partial charge in [0.25, 0.3) is 5.56 Å². The van der Waals surface area contributed by atoms with E-state index in [0.717, 1.165) is 0 Å². The number of aromatic nitrogens is 2. The molecular formula is C10H18N4O3. The van der Waals surface area contributed by atoms with Crippen molar-refractivity contribution in [2.24, 2.45) is 7.05 Å². The van der Waals surface area contributed by atoms with Gasteiger partial charge in [-0.2, -0.15) is 0 Å². The molecule has 0 unspecified atom stereocenters. The number of hydrogen-bond acceptors (Lipinski definition) is 5. The van der Waals surface area contributed by atoms with Gasteiger partial charge in [-0.1, -0.05) is 0 Å². The normalized spacial score (nSPS) is 11.5. The molecule has 1 aromatic rings. The highest BCUT2D eigenvalue weighted by molar-refractivity contribution is 5.60. The molecule has 7 heteroatoms. The minimum Gasteiger partial charge on any atom is -0.383 e. The fourth-order valence-electron chi connectivity index (χ4n) is 1.18. The van der Waals surface area contributed by atoms with Gasteiger partial charge in [0.2, 0.25) is 0 Å². The van der Waals surface area contributed by atoms with Crippen LogP contribution < -0.4 is 22.3 Å². The summed E-state index contributed by atoms with van der Waals surface area (Å²) in [5.41, 5.74) is 4.37. The van der Waals surface area contributed by atoms with Gasteiger partial charge in [-0.3, -0.25) is 14.3 Å². The van der Waals surface area contributed by atoms with Crippen molar-refractivity contribution in [3.05, 3.63) is 20.8 Å². The van der Waals surface area contributed by atoms with E-state index in [0.29, 0.717) is 6.54 Å². The van der Waals surface area contributed by atoms with Crippen molar-refractivity contribution in [1.82, 2.24) is 9.55 Å². The molecule has 0 aliphatic heterocycles. The zero-order chi connectivity index (χ0) is 13.2. The van der Waals surface area contributed by atoms with Gasteiger partial charge >= 0.3 is 5.69 Å². The second-order valence-electron chi connectivity index (χ2n) is 4.40. The van der Waals surface area contributed by atoms with Crippen LogP contribution in [0.3, 0.4) is 0 Å². The van der Waals surface area contributed by atoms with Crippen LogP contribution in [0.15, 0.2) is 9.59 Å². The Morgan fingerprint density at radius 2 is 2.06 bits per heavy atom. The molecule has 0 fully saturated rings. The summed E-state index contributed by atoms with van der Waals surface area (Å²) in [6.07, 6.45) is 0. The number of anilines is 2. The fraction of sp³-hybridized carbons (Fsp3) is 0.600. The van der Waals surface area contributed by atoms with E-state index in [1.165, 1.54) is 11.6 Å². The number of nitrogen functional groups attached to an aromatic ring is 1. The largest absolute Gasteiger partial charge is 0.383 e. The second-order valence-corrected chi connectivity index (χ2v) is 4.40. The molecule has 0 atom stereocenters. The maximum Gasteiger partial charge on any atom is 0.329 e. The highest BCUT2D eigenvalue weighted by atomic mass is 16.5. The molecule has 4 N–H and O–H groups in total. The first-order valence-electron chi connectivity index (χ1n) is 5.16. The summed E-state index contributed by atoms with van der Waals surface area (Å²) in [6, 6.07) is 0. The van der Waals surface area contributed by atoms with E-state index in [1.807, 2.05) is 13.8 Å². The Hall–Kier alpha value is -1.76. The molecule has 0 saturated carbocycles. The van der Waals surface area contributed by atoms with Gasteiger partial charge in [-0.15, -0.1) is 0 Å². The van der Waals surface area contributed by atoms with Crippen molar-refractivity contribution in [3.63, 3.8) is 0 Å². The highest BCUT2D eigenvalue weighted by Crippen LogP contribution is 2.12. The van der Waals surface area contributed by atoms with Gasteiger partial charge in [0.15, 0.2) is 0 Å². The average molecular weight is 242 g/mol. The van der Waals surface area contributed by atoms with E-state index in [4.69, 9.17) is 10.5 Å². The quantitative estimate of drug-likeness (QED) is 0.660. The Bertz CT molecular complexity index is 515. The summed E-state index contributed by atoms with van der Waals surface area (Å²) in [7, 11) is 3.07. The predicted octanol–water partition coefficient (Wildman–Crippen LogP) is -0.507. The molecule has 1 rings (SSSR count). The van der Waals surface area contributed by atoms with Crippen LogP contribution in [0.5, 0.6) is 0 Å². The first-order valence-corrected chi connectivity index (χ1v) is 5.16. The van der Waals surface area contributed by atoms with Crippen LogP contribution in [0.2, 0.25) is 0 Å². The summed E-state index contributed by atoms with van der Waals surface area (Å²) in [5, 5.41) is 2.89. The number of nitrogens with zero attached hydrogens (tertiary/aromatic N) is 1. The van der Waals surface area contributed by atoms with E-state index in [-0.39, 0.29) is 11.5 Å². The lowest BCUT2D eigenvalue weighted by Gasteiger charge is -2.24. The number of aromatic amines is 1. The second kappa shape index (κ2) is 4.62. The van der Waals surface area contributed by atoms with E-state index in [1.54, 1.807) is 7.11 Å². The molecule has 0 aliphatic rings. The summed E-state index contributed by atoms with van der Waals surface area (Å²) in [4.78, 5) is 25.0. The van der Waals surface area contributed by atoms with Gasteiger partial charge in [-0.05, 0) is 13.8 Å². The number of rotatable bonds is 4. The third-order valence-corrected chi connectivity index (χ3v) is 2.61. The van der Waals surface area contributed by atoms with Crippen molar-refractivity contribution in [2.75, 3.05) is 24.7 Å². The van der Waals surface area contributed by atoms with Gasteiger partial charge in [-0.25, -0.2) is 4.79 Å². The molecule has 0 aromatic carbocycles. The fourth-order valence-corrected chi connectivity index (χ4v) is 1.18. The summed E-state index contributed by atoms with van der Waals surface area (Å²) < 4.78 is 6.38. The van der Waals surface area contributed by atoms with Gasteiger partial charge in [0.05, 0.1) is 5.60 Å². The van der Waals surface area contributed by atoms with Crippen LogP contribution >= 0.6 is 0 Å². The third-order valence-electron chi connectivity index (χ3n) is 2.61. The number of nitrogens with one attached hydrogen (secondary N) is 2. The number of nitrogens with two attached hydrogens (primary N) is 1. The zero-order valence-electron chi connectivity index (χ0n) is 10.5. The van der Waals surface area contributed by atoms with Gasteiger partial charge < -0.3 is 15.8 Å². The highest BCUT2D eigenvalue weighted by Gasteiger charge is 2.18. The molecule has 0 aliphatic carbocycles. The lowest BCUT2D eigenvalue weighted by molar-refractivity contribution is 0.0343. The molecule has 0 bridgehead atoms. The van der Waals surface area contributed by atoms with Crippen LogP contribution in [-0.2, 0) is 11.8 Å². The molecule has 96 valence electrons. The third kappa shape index (κ3) is 2.88. The summed E-state index contributed by atoms with van der Waals surface area (Å²) in [5.74, 6) is 0.102. The lowest BCUT2D eigenvalue weighted by Crippen LogP contribution is -2.37. The van der Waals surface area contributed by atoms with E-state index < -0.39 is 16.9 Å². The van der Waals surface area contributed by atoms with Crippen LogP contribution in [-0.4, -0.2) is 28.8 Å². The van der Waals surface area contributed by atoms with E-state index in [9.17, 15) is 9.59 Å². The van der Waals surface area contributed by atoms with E-state index in [2.05, 4.69) is 10.3 Å². The van der Waals surface area contributed by atoms with Crippen molar-refractivity contribution in [1.29, 1.82) is 0 Å². The zero-order valence-corrected chi connectivity index (χ0v) is 10.5. The molecule has 7 nitrogen and oxygen atoms in total. The Labute approximate surface area is 98.6 Å². The van der Waals surface area contributed by atoms with E-state index >= 15 is 0 Å². The number of H-pyrrole nitrogens is 1. The molecule has 0 amide bonds. The smallest absolute Gasteiger partial charge is 0.329 e. The molecule has 0 spiro atoms. The van der Waals surface area contributed by atoms with Crippen LogP contribution in [0.1, 0.15) is 13.8 Å². The number of ether oxygens (including phenoxy) is 1. The molecular weight excluding hydrogens is 224 g/mol. The summed E-state index contributed by atoms with van der Waals surface area (Å²) in [6.45, 7) is 4.13. The van der Waals surface area contributed by atoms with Crippen molar-refractivity contribution in [3.8, 4) is 0 Å². The first-order chi connectivity index (χ1) is 7.78. The number of hydrogen-bond donors (Lipinski definition) is 3. The topological polar surface area (TPSA) is 102 Å². The number of methoxy groups -OCH3 is 1. The van der Waals surface area contributed by atoms with Crippen LogP contribution in [0, 0.1) is 0 Å². The Balaban J connectivity index is 3.05. The Morgan fingerprint density at radius 3 is 2.59 bits per heavy atom. The lowest BCUT2D eigenvalue weighted by atomic mass is 10.1. The summed E-state index contributed by atoms with van der Waals surface area (Å²) >= 11 is 0. The van der Waals surface area contributed by atoms with Gasteiger partial charge in [0, 0.05) is 20.7 Å². The minimum absolute atomic E-state index is 0.102. The van der Waals surface area contributed by atoms with Crippen molar-refractivity contribution in [2.45, 2.75) is 19.4 Å². The van der Waals surface area contributed by atoms with Gasteiger partial charge in [0.1, 0.15) is 11.5 Å². The predicted molar refractivity (Wildman–Crippen MR) is 66.3 cm³/mol. The standard InChI is InChI=1S/C10H18N4O3/c1-10(2,17-4)5-12-6-7(11)14(3)9(16)13-8(6)15/h12H,5,11H2,1-4H3,(H,13,15,16). The molecule has 1 aromatic heterocycles. The molecule has 17 heavy (non-hydrogen) atoms. The monoisotopic (exact) mass is 242 g/mol. The Morgan fingerprint density at radius 1 is 1.47 bits per heavy atom. The molecule has 0 radical (unpaired) electrons. The van der Waals surface area contributed by atoms with Crippen LogP contribution in [0.25, 0.3) is 0 Å². The maximum absolute atomic E-state index is 11.6. The first kappa shape index (κ1) is 13.3. The molecule has 0 saturated heterocycles. The van der Waals surface area contributed by atoms with Crippen LogP contribution in [0.4, 0.5) is 11.5 Å².